The lowest BCUT2D eigenvalue weighted by Crippen LogP contribution is -2.44. The van der Waals surface area contributed by atoms with Crippen molar-refractivity contribution in [3.63, 3.8) is 0 Å². The van der Waals surface area contributed by atoms with Gasteiger partial charge in [0.1, 0.15) is 17.2 Å². The van der Waals surface area contributed by atoms with Crippen molar-refractivity contribution in [2.45, 2.75) is 62.8 Å². The van der Waals surface area contributed by atoms with E-state index in [1.54, 1.807) is 24.6 Å². The summed E-state index contributed by atoms with van der Waals surface area (Å²) in [4.78, 5) is 11.5. The molecule has 1 aliphatic carbocycles. The van der Waals surface area contributed by atoms with E-state index in [0.29, 0.717) is 22.5 Å². The molecular formula is C25H28N4O5S. The van der Waals surface area contributed by atoms with Gasteiger partial charge in [-0.15, -0.1) is 5.10 Å². The number of rotatable bonds is 7. The van der Waals surface area contributed by atoms with E-state index in [1.165, 1.54) is 31.4 Å². The first-order valence-electron chi connectivity index (χ1n) is 11.9. The summed E-state index contributed by atoms with van der Waals surface area (Å²) >= 11 is 0. The molecule has 1 fully saturated rings. The van der Waals surface area contributed by atoms with E-state index in [9.17, 15) is 18.3 Å². The van der Waals surface area contributed by atoms with Gasteiger partial charge in [0.05, 0.1) is 22.5 Å². The second-order valence-corrected chi connectivity index (χ2v) is 11.3. The van der Waals surface area contributed by atoms with E-state index in [-0.39, 0.29) is 4.90 Å². The fourth-order valence-electron chi connectivity index (χ4n) is 4.75. The summed E-state index contributed by atoms with van der Waals surface area (Å²) in [6, 6.07) is 8.93. The highest BCUT2D eigenvalue weighted by Gasteiger charge is 2.28. The molecule has 184 valence electrons. The Morgan fingerprint density at radius 3 is 2.57 bits per heavy atom. The normalized spacial score (nSPS) is 16.3. The van der Waals surface area contributed by atoms with Gasteiger partial charge < -0.3 is 9.52 Å². The molecule has 0 unspecified atom stereocenters. The third kappa shape index (κ3) is 4.55. The number of aliphatic carboxylic acids is 1. The van der Waals surface area contributed by atoms with Gasteiger partial charge >= 0.3 is 5.97 Å². The molecule has 1 saturated carbocycles. The Hall–Kier alpha value is -3.24. The molecule has 0 bridgehead atoms. The molecule has 0 spiro atoms. The number of hydrogen-bond acceptors (Lipinski definition) is 6. The summed E-state index contributed by atoms with van der Waals surface area (Å²) < 4.78 is 35.8. The largest absolute Gasteiger partial charge is 0.480 e. The lowest BCUT2D eigenvalue weighted by molar-refractivity contribution is -0.140. The predicted octanol–water partition coefficient (Wildman–Crippen LogP) is 4.60. The van der Waals surface area contributed by atoms with Crippen molar-refractivity contribution in [1.29, 1.82) is 0 Å². The topological polar surface area (TPSA) is 127 Å². The van der Waals surface area contributed by atoms with E-state index in [0.717, 1.165) is 29.6 Å². The molecule has 9 nitrogen and oxygen atoms in total. The van der Waals surface area contributed by atoms with E-state index < -0.39 is 28.0 Å². The van der Waals surface area contributed by atoms with Crippen LogP contribution < -0.4 is 4.72 Å². The zero-order valence-electron chi connectivity index (χ0n) is 19.6. The van der Waals surface area contributed by atoms with Gasteiger partial charge in [0.25, 0.3) is 0 Å². The quantitative estimate of drug-likeness (QED) is 0.383. The average molecular weight is 497 g/mol. The van der Waals surface area contributed by atoms with Gasteiger partial charge in [0.15, 0.2) is 0 Å². The summed E-state index contributed by atoms with van der Waals surface area (Å²) in [6.07, 6.45) is 8.00. The molecule has 2 aromatic heterocycles. The number of carboxylic acids is 1. The second kappa shape index (κ2) is 9.09. The van der Waals surface area contributed by atoms with E-state index >= 15 is 0 Å². The molecule has 0 radical (unpaired) electrons. The standard InChI is InChI=1S/C25H28N4O5S/c1-15(2)24(25(30)31)27-35(32,33)18-9-11-22-20(13-18)19-10-8-17(12-23(19)34-22)29-14-21(26-28-29)16-6-4-3-5-7-16/h8-16,24,27H,3-7H2,1-2H3,(H,30,31)/t24-/m0/s1. The van der Waals surface area contributed by atoms with Gasteiger partial charge in [0.2, 0.25) is 10.0 Å². The van der Waals surface area contributed by atoms with Crippen LogP contribution in [0.1, 0.15) is 57.6 Å². The summed E-state index contributed by atoms with van der Waals surface area (Å²) in [6.45, 7) is 3.30. The maximum absolute atomic E-state index is 12.9. The monoisotopic (exact) mass is 496 g/mol. The van der Waals surface area contributed by atoms with Crippen LogP contribution in [0, 0.1) is 5.92 Å². The van der Waals surface area contributed by atoms with Crippen molar-refractivity contribution < 1.29 is 22.7 Å². The van der Waals surface area contributed by atoms with Gasteiger partial charge in [0, 0.05) is 22.8 Å². The first-order valence-corrected chi connectivity index (χ1v) is 13.4. The van der Waals surface area contributed by atoms with Crippen molar-refractivity contribution in [2.75, 3.05) is 0 Å². The summed E-state index contributed by atoms with van der Waals surface area (Å²) in [5.41, 5.74) is 2.95. The minimum Gasteiger partial charge on any atom is -0.480 e. The van der Waals surface area contributed by atoms with Gasteiger partial charge in [-0.25, -0.2) is 13.1 Å². The van der Waals surface area contributed by atoms with Crippen LogP contribution in [0.3, 0.4) is 0 Å². The van der Waals surface area contributed by atoms with Crippen molar-refractivity contribution >= 4 is 37.9 Å². The Labute approximate surface area is 203 Å². The summed E-state index contributed by atoms with van der Waals surface area (Å²) in [5.74, 6) is -1.17. The smallest absolute Gasteiger partial charge is 0.322 e. The minimum absolute atomic E-state index is 0.0166. The van der Waals surface area contributed by atoms with Gasteiger partial charge in [-0.1, -0.05) is 38.3 Å². The number of nitrogens with one attached hydrogen (secondary N) is 1. The Kier molecular flexibility index (Phi) is 6.10. The molecule has 0 aliphatic heterocycles. The molecule has 10 heteroatoms. The molecule has 1 aliphatic rings. The van der Waals surface area contributed by atoms with E-state index in [4.69, 9.17) is 4.42 Å². The minimum atomic E-state index is -4.04. The van der Waals surface area contributed by atoms with Crippen LogP contribution in [0.2, 0.25) is 0 Å². The van der Waals surface area contributed by atoms with Crippen LogP contribution in [-0.4, -0.2) is 40.5 Å². The molecule has 2 aromatic carbocycles. The van der Waals surface area contributed by atoms with Crippen LogP contribution in [-0.2, 0) is 14.8 Å². The van der Waals surface area contributed by atoms with Crippen molar-refractivity contribution in [2.24, 2.45) is 5.92 Å². The highest BCUT2D eigenvalue weighted by molar-refractivity contribution is 7.89. The molecule has 2 N–H and O–H groups in total. The maximum atomic E-state index is 12.9. The van der Waals surface area contributed by atoms with Crippen LogP contribution in [0.4, 0.5) is 0 Å². The highest BCUT2D eigenvalue weighted by Crippen LogP contribution is 2.33. The van der Waals surface area contributed by atoms with Gasteiger partial charge in [-0.05, 0) is 49.1 Å². The first kappa shape index (κ1) is 23.5. The van der Waals surface area contributed by atoms with Gasteiger partial charge in [-0.2, -0.15) is 4.72 Å². The highest BCUT2D eigenvalue weighted by atomic mass is 32.2. The summed E-state index contributed by atoms with van der Waals surface area (Å²) in [5, 5.41) is 19.5. The van der Waals surface area contributed by atoms with Crippen molar-refractivity contribution in [1.82, 2.24) is 19.7 Å². The maximum Gasteiger partial charge on any atom is 0.322 e. The molecular weight excluding hydrogens is 468 g/mol. The SMILES string of the molecule is CC(C)[C@H](NS(=O)(=O)c1ccc2oc3cc(-n4cc(C5CCCCC5)nn4)ccc3c2c1)C(=O)O. The number of sulfonamides is 1. The Balaban J connectivity index is 1.47. The Bertz CT molecular complexity index is 1500. The van der Waals surface area contributed by atoms with Crippen LogP contribution >= 0.6 is 0 Å². The number of hydrogen-bond donors (Lipinski definition) is 2. The fourth-order valence-corrected chi connectivity index (χ4v) is 6.11. The molecule has 5 rings (SSSR count). The zero-order chi connectivity index (χ0) is 24.7. The zero-order valence-corrected chi connectivity index (χ0v) is 20.5. The molecule has 35 heavy (non-hydrogen) atoms. The fraction of sp³-hybridized carbons (Fsp3) is 0.400. The van der Waals surface area contributed by atoms with E-state index in [2.05, 4.69) is 15.0 Å². The number of nitrogens with zero attached hydrogens (tertiary/aromatic N) is 3. The number of carbonyl (C=O) groups is 1. The summed E-state index contributed by atoms with van der Waals surface area (Å²) in [7, 11) is -4.04. The van der Waals surface area contributed by atoms with Crippen molar-refractivity contribution in [3.05, 3.63) is 48.3 Å². The molecule has 0 amide bonds. The number of carboxylic acid groups (broad SMARTS) is 1. The Morgan fingerprint density at radius 1 is 1.09 bits per heavy atom. The molecule has 1 atom stereocenters. The molecule has 0 saturated heterocycles. The first-order chi connectivity index (χ1) is 16.7. The Morgan fingerprint density at radius 2 is 1.86 bits per heavy atom. The molecule has 4 aromatic rings. The average Bonchev–Trinajstić information content (AvgIpc) is 3.47. The van der Waals surface area contributed by atoms with Gasteiger partial charge in [-0.3, -0.25) is 4.79 Å². The number of furan rings is 1. The van der Waals surface area contributed by atoms with E-state index in [1.807, 2.05) is 24.4 Å². The third-order valence-electron chi connectivity index (χ3n) is 6.75. The number of aromatic nitrogens is 3. The lowest BCUT2D eigenvalue weighted by atomic mass is 9.87. The van der Waals surface area contributed by atoms with Crippen LogP contribution in [0.15, 0.2) is 51.9 Å². The molecule has 2 heterocycles. The number of fused-ring (bicyclic) bond motifs is 3. The van der Waals surface area contributed by atoms with Crippen molar-refractivity contribution in [3.8, 4) is 5.69 Å². The van der Waals surface area contributed by atoms with Crippen LogP contribution in [0.5, 0.6) is 0 Å². The third-order valence-corrected chi connectivity index (χ3v) is 8.19. The second-order valence-electron chi connectivity index (χ2n) is 9.54. The van der Waals surface area contributed by atoms with Crippen LogP contribution in [0.25, 0.3) is 27.6 Å². The lowest BCUT2D eigenvalue weighted by Gasteiger charge is -2.18. The predicted molar refractivity (Wildman–Crippen MR) is 131 cm³/mol. The number of benzene rings is 2.